The second kappa shape index (κ2) is 7.89. The highest BCUT2D eigenvalue weighted by Gasteiger charge is 2.35. The van der Waals surface area contributed by atoms with Crippen LogP contribution >= 0.6 is 23.2 Å². The molecule has 0 radical (unpaired) electrons. The van der Waals surface area contributed by atoms with Crippen molar-refractivity contribution in [1.29, 1.82) is 0 Å². The molecule has 146 valence electrons. The Kier molecular flexibility index (Phi) is 5.33. The van der Waals surface area contributed by atoms with E-state index in [9.17, 15) is 9.59 Å². The highest BCUT2D eigenvalue weighted by Crippen LogP contribution is 2.36. The predicted octanol–water partition coefficient (Wildman–Crippen LogP) is 3.43. The van der Waals surface area contributed by atoms with Gasteiger partial charge in [0, 0.05) is 41.3 Å². The van der Waals surface area contributed by atoms with Crippen LogP contribution < -0.4 is 19.7 Å². The monoisotopic (exact) mass is 420 g/mol. The summed E-state index contributed by atoms with van der Waals surface area (Å²) in [4.78, 5) is 26.6. The van der Waals surface area contributed by atoms with E-state index in [0.717, 1.165) is 5.56 Å². The SMILES string of the molecule is O=C(NCc1ccc(Cl)cc1Cl)[C@@H]1CC(=O)N(c2ccc3c(c2)OCCO3)C1. The molecule has 2 aliphatic heterocycles. The lowest BCUT2D eigenvalue weighted by Gasteiger charge is -2.22. The predicted molar refractivity (Wildman–Crippen MR) is 106 cm³/mol. The van der Waals surface area contributed by atoms with Crippen LogP contribution in [0.5, 0.6) is 11.5 Å². The largest absolute Gasteiger partial charge is 0.486 e. The topological polar surface area (TPSA) is 67.9 Å². The van der Waals surface area contributed by atoms with Gasteiger partial charge in [-0.25, -0.2) is 0 Å². The van der Waals surface area contributed by atoms with Crippen LogP contribution in [0.15, 0.2) is 36.4 Å². The lowest BCUT2D eigenvalue weighted by Crippen LogP contribution is -2.32. The molecule has 2 aliphatic rings. The molecule has 0 bridgehead atoms. The van der Waals surface area contributed by atoms with Gasteiger partial charge in [-0.05, 0) is 29.8 Å². The molecule has 0 saturated carbocycles. The fraction of sp³-hybridized carbons (Fsp3) is 0.300. The Labute approximate surface area is 172 Å². The Morgan fingerprint density at radius 3 is 2.68 bits per heavy atom. The van der Waals surface area contributed by atoms with Crippen molar-refractivity contribution in [3.8, 4) is 11.5 Å². The zero-order valence-electron chi connectivity index (χ0n) is 14.9. The third-order valence-corrected chi connectivity index (χ3v) is 5.39. The van der Waals surface area contributed by atoms with E-state index in [1.165, 1.54) is 0 Å². The molecule has 2 heterocycles. The van der Waals surface area contributed by atoms with E-state index >= 15 is 0 Å². The zero-order valence-corrected chi connectivity index (χ0v) is 16.4. The first-order valence-electron chi connectivity index (χ1n) is 8.93. The molecule has 2 amide bonds. The number of anilines is 1. The molecular formula is C20H18Cl2N2O4. The van der Waals surface area contributed by atoms with E-state index in [1.807, 2.05) is 0 Å². The number of ether oxygens (including phenoxy) is 2. The highest BCUT2D eigenvalue weighted by atomic mass is 35.5. The van der Waals surface area contributed by atoms with Gasteiger partial charge in [0.15, 0.2) is 11.5 Å². The number of carbonyl (C=O) groups excluding carboxylic acids is 2. The number of fused-ring (bicyclic) bond motifs is 1. The summed E-state index contributed by atoms with van der Waals surface area (Å²) in [6, 6.07) is 10.5. The lowest BCUT2D eigenvalue weighted by atomic mass is 10.1. The average molecular weight is 421 g/mol. The van der Waals surface area contributed by atoms with Crippen LogP contribution in [0.3, 0.4) is 0 Å². The van der Waals surface area contributed by atoms with Gasteiger partial charge in [0.2, 0.25) is 11.8 Å². The van der Waals surface area contributed by atoms with E-state index < -0.39 is 5.92 Å². The number of nitrogens with zero attached hydrogens (tertiary/aromatic N) is 1. The first kappa shape index (κ1) is 18.9. The number of amides is 2. The van der Waals surface area contributed by atoms with Crippen LogP contribution in [0.2, 0.25) is 10.0 Å². The quantitative estimate of drug-likeness (QED) is 0.822. The first-order chi connectivity index (χ1) is 13.5. The van der Waals surface area contributed by atoms with Crippen molar-refractivity contribution < 1.29 is 19.1 Å². The van der Waals surface area contributed by atoms with Crippen molar-refractivity contribution in [3.63, 3.8) is 0 Å². The Balaban J connectivity index is 1.40. The molecule has 1 saturated heterocycles. The van der Waals surface area contributed by atoms with Crippen LogP contribution in [-0.2, 0) is 16.1 Å². The maximum absolute atomic E-state index is 12.5. The van der Waals surface area contributed by atoms with Crippen LogP contribution in [-0.4, -0.2) is 31.6 Å². The molecule has 0 unspecified atom stereocenters. The minimum Gasteiger partial charge on any atom is -0.486 e. The highest BCUT2D eigenvalue weighted by molar-refractivity contribution is 6.35. The van der Waals surface area contributed by atoms with E-state index in [-0.39, 0.29) is 24.8 Å². The Morgan fingerprint density at radius 2 is 1.89 bits per heavy atom. The third kappa shape index (κ3) is 3.88. The smallest absolute Gasteiger partial charge is 0.227 e. The molecule has 6 nitrogen and oxygen atoms in total. The van der Waals surface area contributed by atoms with Crippen molar-refractivity contribution in [2.24, 2.45) is 5.92 Å². The average Bonchev–Trinajstić information content (AvgIpc) is 3.08. The maximum Gasteiger partial charge on any atom is 0.227 e. The van der Waals surface area contributed by atoms with Gasteiger partial charge in [-0.3, -0.25) is 9.59 Å². The van der Waals surface area contributed by atoms with Crippen molar-refractivity contribution >= 4 is 40.7 Å². The molecule has 1 fully saturated rings. The number of rotatable bonds is 4. The van der Waals surface area contributed by atoms with Crippen LogP contribution in [0.25, 0.3) is 0 Å². The number of carbonyl (C=O) groups is 2. The van der Waals surface area contributed by atoms with Gasteiger partial charge in [0.05, 0.1) is 5.92 Å². The van der Waals surface area contributed by atoms with E-state index in [4.69, 9.17) is 32.7 Å². The van der Waals surface area contributed by atoms with Gasteiger partial charge >= 0.3 is 0 Å². The van der Waals surface area contributed by atoms with Gasteiger partial charge in [0.25, 0.3) is 0 Å². The van der Waals surface area contributed by atoms with E-state index in [2.05, 4.69) is 5.32 Å². The van der Waals surface area contributed by atoms with E-state index in [1.54, 1.807) is 41.3 Å². The van der Waals surface area contributed by atoms with Crippen LogP contribution in [0, 0.1) is 5.92 Å². The summed E-state index contributed by atoms with van der Waals surface area (Å²) >= 11 is 12.0. The van der Waals surface area contributed by atoms with E-state index in [0.29, 0.717) is 47.0 Å². The van der Waals surface area contributed by atoms with Gasteiger partial charge in [-0.1, -0.05) is 29.3 Å². The molecule has 1 atom stereocenters. The number of hydrogen-bond acceptors (Lipinski definition) is 4. The second-order valence-corrected chi connectivity index (χ2v) is 7.53. The number of benzene rings is 2. The fourth-order valence-corrected chi connectivity index (χ4v) is 3.80. The Morgan fingerprint density at radius 1 is 1.11 bits per heavy atom. The minimum atomic E-state index is -0.424. The molecule has 4 rings (SSSR count). The second-order valence-electron chi connectivity index (χ2n) is 6.69. The van der Waals surface area contributed by atoms with Gasteiger partial charge in [-0.15, -0.1) is 0 Å². The summed E-state index contributed by atoms with van der Waals surface area (Å²) < 4.78 is 11.1. The summed E-state index contributed by atoms with van der Waals surface area (Å²) in [7, 11) is 0. The lowest BCUT2D eigenvalue weighted by molar-refractivity contribution is -0.126. The number of hydrogen-bond donors (Lipinski definition) is 1. The van der Waals surface area contributed by atoms with Gasteiger partial charge in [0.1, 0.15) is 13.2 Å². The van der Waals surface area contributed by atoms with Crippen molar-refractivity contribution in [2.45, 2.75) is 13.0 Å². The van der Waals surface area contributed by atoms with Crippen LogP contribution in [0.4, 0.5) is 5.69 Å². The van der Waals surface area contributed by atoms with Crippen LogP contribution in [0.1, 0.15) is 12.0 Å². The summed E-state index contributed by atoms with van der Waals surface area (Å²) in [5.41, 5.74) is 1.47. The molecule has 2 aromatic carbocycles. The zero-order chi connectivity index (χ0) is 19.7. The summed E-state index contributed by atoms with van der Waals surface area (Å²) in [5.74, 6) is 0.574. The summed E-state index contributed by atoms with van der Waals surface area (Å²) in [6.07, 6.45) is 0.161. The Bertz CT molecular complexity index is 934. The van der Waals surface area contributed by atoms with Gasteiger partial charge < -0.3 is 19.7 Å². The molecule has 0 aromatic heterocycles. The fourth-order valence-electron chi connectivity index (χ4n) is 3.32. The normalized spacial score (nSPS) is 18.3. The maximum atomic E-state index is 12.5. The molecular weight excluding hydrogens is 403 g/mol. The molecule has 8 heteroatoms. The molecule has 2 aromatic rings. The van der Waals surface area contributed by atoms with Gasteiger partial charge in [-0.2, -0.15) is 0 Å². The molecule has 0 spiro atoms. The number of halogens is 2. The molecule has 1 N–H and O–H groups in total. The third-order valence-electron chi connectivity index (χ3n) is 4.80. The van der Waals surface area contributed by atoms with Crippen molar-refractivity contribution in [1.82, 2.24) is 5.32 Å². The van der Waals surface area contributed by atoms with Crippen molar-refractivity contribution in [2.75, 3.05) is 24.7 Å². The Hall–Kier alpha value is -2.44. The number of nitrogens with one attached hydrogen (secondary N) is 1. The van der Waals surface area contributed by atoms with Crippen molar-refractivity contribution in [3.05, 3.63) is 52.0 Å². The summed E-state index contributed by atoms with van der Waals surface area (Å²) in [5, 5.41) is 3.89. The standard InChI is InChI=1S/C20H18Cl2N2O4/c21-14-2-1-12(16(22)8-14)10-23-20(26)13-7-19(25)24(11-13)15-3-4-17-18(9-15)28-6-5-27-17/h1-4,8-9,13H,5-7,10-11H2,(H,23,26)/t13-/m1/s1. The summed E-state index contributed by atoms with van der Waals surface area (Å²) in [6.45, 7) is 1.58. The first-order valence-corrected chi connectivity index (χ1v) is 9.68. The molecule has 28 heavy (non-hydrogen) atoms. The molecule has 0 aliphatic carbocycles. The minimum absolute atomic E-state index is 0.0960.